The zero-order valence-corrected chi connectivity index (χ0v) is 15.2. The Morgan fingerprint density at radius 1 is 1.36 bits per heavy atom. The number of carbonyl (C=O) groups is 1. The normalized spacial score (nSPS) is 9.77. The Morgan fingerprint density at radius 2 is 2.09 bits per heavy atom. The largest absolute Gasteiger partial charge is 0.350 e. The number of likely N-dealkylation sites (N-methyl/N-ethyl adjacent to an activating group) is 1. The van der Waals surface area contributed by atoms with E-state index in [2.05, 4.69) is 20.7 Å². The molecule has 0 unspecified atom stereocenters. The summed E-state index contributed by atoms with van der Waals surface area (Å²) in [4.78, 5) is 17.2. The molecule has 124 valence electrons. The fraction of sp³-hybridized carbons (Fsp3) is 0.462. The maximum absolute atomic E-state index is 12.1. The summed E-state index contributed by atoms with van der Waals surface area (Å²) in [5.74, 6) is -0.0620. The SMILES string of the molecule is CCNCCNC(=O)c1sc(-c2cnn(C)c2)nc1C.Cl.Cl. The van der Waals surface area contributed by atoms with Crippen molar-refractivity contribution in [3.8, 4) is 10.6 Å². The van der Waals surface area contributed by atoms with Gasteiger partial charge in [0.15, 0.2) is 0 Å². The monoisotopic (exact) mass is 365 g/mol. The molecule has 0 saturated carbocycles. The van der Waals surface area contributed by atoms with Gasteiger partial charge < -0.3 is 10.6 Å². The number of carbonyl (C=O) groups excluding carboxylic acids is 1. The van der Waals surface area contributed by atoms with Crippen LogP contribution in [0.3, 0.4) is 0 Å². The van der Waals surface area contributed by atoms with Gasteiger partial charge in [-0.2, -0.15) is 5.10 Å². The van der Waals surface area contributed by atoms with Crippen LogP contribution in [0.15, 0.2) is 12.4 Å². The number of halogens is 2. The second-order valence-corrected chi connectivity index (χ2v) is 5.44. The second kappa shape index (κ2) is 9.78. The van der Waals surface area contributed by atoms with Gasteiger partial charge >= 0.3 is 0 Å². The topological polar surface area (TPSA) is 71.8 Å². The summed E-state index contributed by atoms with van der Waals surface area (Å²) in [6.45, 7) is 6.19. The van der Waals surface area contributed by atoms with Crippen molar-refractivity contribution in [2.75, 3.05) is 19.6 Å². The molecule has 0 saturated heterocycles. The number of nitrogens with zero attached hydrogens (tertiary/aromatic N) is 3. The van der Waals surface area contributed by atoms with Crippen molar-refractivity contribution in [3.05, 3.63) is 23.0 Å². The van der Waals surface area contributed by atoms with E-state index in [9.17, 15) is 4.79 Å². The van der Waals surface area contributed by atoms with Crippen molar-refractivity contribution in [2.24, 2.45) is 7.05 Å². The summed E-state index contributed by atoms with van der Waals surface area (Å²) in [6.07, 6.45) is 3.65. The van der Waals surface area contributed by atoms with Crippen LogP contribution in [-0.4, -0.2) is 40.3 Å². The van der Waals surface area contributed by atoms with Crippen LogP contribution in [0.1, 0.15) is 22.3 Å². The van der Waals surface area contributed by atoms with Gasteiger partial charge in [0, 0.05) is 31.9 Å². The maximum Gasteiger partial charge on any atom is 0.263 e. The van der Waals surface area contributed by atoms with Gasteiger partial charge in [-0.1, -0.05) is 6.92 Å². The van der Waals surface area contributed by atoms with E-state index in [1.165, 1.54) is 11.3 Å². The molecule has 0 radical (unpaired) electrons. The molecule has 2 N–H and O–H groups in total. The zero-order chi connectivity index (χ0) is 14.5. The summed E-state index contributed by atoms with van der Waals surface area (Å²) in [6, 6.07) is 0. The first kappa shape index (κ1) is 20.9. The highest BCUT2D eigenvalue weighted by Crippen LogP contribution is 2.27. The predicted molar refractivity (Wildman–Crippen MR) is 94.4 cm³/mol. The molecule has 2 aromatic rings. The number of rotatable bonds is 6. The number of amides is 1. The third-order valence-electron chi connectivity index (χ3n) is 2.79. The molecular formula is C13H21Cl2N5OS. The first-order chi connectivity index (χ1) is 9.61. The summed E-state index contributed by atoms with van der Waals surface area (Å²) in [7, 11) is 1.86. The van der Waals surface area contributed by atoms with Crippen molar-refractivity contribution in [1.82, 2.24) is 25.4 Å². The lowest BCUT2D eigenvalue weighted by atomic mass is 10.3. The number of thiazole rings is 1. The molecule has 1 amide bonds. The minimum absolute atomic E-state index is 0. The first-order valence-electron chi connectivity index (χ1n) is 6.57. The molecule has 2 aromatic heterocycles. The average molecular weight is 366 g/mol. The molecule has 0 atom stereocenters. The molecule has 9 heteroatoms. The van der Waals surface area contributed by atoms with Crippen LogP contribution in [-0.2, 0) is 7.05 Å². The smallest absolute Gasteiger partial charge is 0.263 e. The molecule has 0 bridgehead atoms. The minimum atomic E-state index is -0.0620. The Kier molecular flexibility index (Phi) is 9.27. The summed E-state index contributed by atoms with van der Waals surface area (Å²) in [5.41, 5.74) is 1.70. The quantitative estimate of drug-likeness (QED) is 0.768. The van der Waals surface area contributed by atoms with E-state index in [0.29, 0.717) is 11.4 Å². The van der Waals surface area contributed by atoms with E-state index in [0.717, 1.165) is 29.4 Å². The minimum Gasteiger partial charge on any atom is -0.350 e. The van der Waals surface area contributed by atoms with Crippen molar-refractivity contribution >= 4 is 42.1 Å². The van der Waals surface area contributed by atoms with Gasteiger partial charge in [0.2, 0.25) is 0 Å². The lowest BCUT2D eigenvalue weighted by Crippen LogP contribution is -2.31. The molecule has 0 aliphatic heterocycles. The number of nitrogens with one attached hydrogen (secondary N) is 2. The highest BCUT2D eigenvalue weighted by molar-refractivity contribution is 7.17. The van der Waals surface area contributed by atoms with Gasteiger partial charge in [0.05, 0.1) is 11.9 Å². The molecule has 0 fully saturated rings. The summed E-state index contributed by atoms with van der Waals surface area (Å²) >= 11 is 1.40. The number of aromatic nitrogens is 3. The molecule has 0 aromatic carbocycles. The summed E-state index contributed by atoms with van der Waals surface area (Å²) < 4.78 is 1.72. The van der Waals surface area contributed by atoms with Crippen LogP contribution in [0.4, 0.5) is 0 Å². The van der Waals surface area contributed by atoms with Gasteiger partial charge in [-0.25, -0.2) is 4.98 Å². The van der Waals surface area contributed by atoms with E-state index >= 15 is 0 Å². The highest BCUT2D eigenvalue weighted by atomic mass is 35.5. The van der Waals surface area contributed by atoms with Crippen molar-refractivity contribution in [3.63, 3.8) is 0 Å². The molecule has 0 aliphatic rings. The lowest BCUT2D eigenvalue weighted by Gasteiger charge is -2.03. The highest BCUT2D eigenvalue weighted by Gasteiger charge is 2.16. The van der Waals surface area contributed by atoms with Crippen LogP contribution >= 0.6 is 36.2 Å². The molecule has 2 rings (SSSR count). The van der Waals surface area contributed by atoms with E-state index < -0.39 is 0 Å². The Labute approximate surface area is 146 Å². The molecule has 0 aliphatic carbocycles. The van der Waals surface area contributed by atoms with Crippen LogP contribution in [0.25, 0.3) is 10.6 Å². The number of hydrogen-bond donors (Lipinski definition) is 2. The van der Waals surface area contributed by atoms with Gasteiger partial charge in [-0.3, -0.25) is 9.48 Å². The fourth-order valence-corrected chi connectivity index (χ4v) is 2.74. The van der Waals surface area contributed by atoms with Crippen molar-refractivity contribution in [2.45, 2.75) is 13.8 Å². The van der Waals surface area contributed by atoms with E-state index in [4.69, 9.17) is 0 Å². The second-order valence-electron chi connectivity index (χ2n) is 4.45. The van der Waals surface area contributed by atoms with Crippen LogP contribution in [0, 0.1) is 6.92 Å². The Morgan fingerprint density at radius 3 is 2.68 bits per heavy atom. The predicted octanol–water partition coefficient (Wildman–Crippen LogP) is 2.03. The zero-order valence-electron chi connectivity index (χ0n) is 12.8. The molecule has 0 spiro atoms. The van der Waals surface area contributed by atoms with Gasteiger partial charge in [-0.15, -0.1) is 36.2 Å². The third kappa shape index (κ3) is 5.24. The molecule has 2 heterocycles. The van der Waals surface area contributed by atoms with Gasteiger partial charge in [0.25, 0.3) is 5.91 Å². The average Bonchev–Trinajstić information content (AvgIpc) is 3.00. The van der Waals surface area contributed by atoms with Crippen molar-refractivity contribution in [1.29, 1.82) is 0 Å². The molecular weight excluding hydrogens is 345 g/mol. The molecule has 22 heavy (non-hydrogen) atoms. The maximum atomic E-state index is 12.1. The van der Waals surface area contributed by atoms with E-state index in [1.807, 2.05) is 27.1 Å². The fourth-order valence-electron chi connectivity index (χ4n) is 1.78. The van der Waals surface area contributed by atoms with Gasteiger partial charge in [0.1, 0.15) is 9.88 Å². The number of aryl methyl sites for hydroxylation is 2. The van der Waals surface area contributed by atoms with Crippen LogP contribution in [0.5, 0.6) is 0 Å². The third-order valence-corrected chi connectivity index (χ3v) is 4.00. The Bertz CT molecular complexity index is 599. The van der Waals surface area contributed by atoms with Gasteiger partial charge in [-0.05, 0) is 13.5 Å². The van der Waals surface area contributed by atoms with Crippen LogP contribution in [0.2, 0.25) is 0 Å². The molecule has 6 nitrogen and oxygen atoms in total. The van der Waals surface area contributed by atoms with E-state index in [-0.39, 0.29) is 30.7 Å². The Balaban J connectivity index is 0.00000220. The lowest BCUT2D eigenvalue weighted by molar-refractivity contribution is 0.0957. The van der Waals surface area contributed by atoms with Crippen LogP contribution < -0.4 is 10.6 Å². The number of hydrogen-bond acceptors (Lipinski definition) is 5. The first-order valence-corrected chi connectivity index (χ1v) is 7.38. The summed E-state index contributed by atoms with van der Waals surface area (Å²) in [5, 5.41) is 11.0. The Hall–Kier alpha value is -1.15. The van der Waals surface area contributed by atoms with Crippen molar-refractivity contribution < 1.29 is 4.79 Å². The standard InChI is InChI=1S/C13H19N5OS.2ClH/c1-4-14-5-6-15-12(19)11-9(2)17-13(20-11)10-7-16-18(3)8-10;;/h7-8,14H,4-6H2,1-3H3,(H,15,19);2*1H. The van der Waals surface area contributed by atoms with E-state index in [1.54, 1.807) is 10.9 Å².